The van der Waals surface area contributed by atoms with Crippen molar-refractivity contribution in [2.24, 2.45) is 5.41 Å². The fraction of sp³-hybridized carbons (Fsp3) is 0.536. The van der Waals surface area contributed by atoms with E-state index in [2.05, 4.69) is 15.6 Å². The summed E-state index contributed by atoms with van der Waals surface area (Å²) in [5.41, 5.74) is 1.36. The number of alkyl halides is 1. The highest BCUT2D eigenvalue weighted by molar-refractivity contribution is 7.13. The van der Waals surface area contributed by atoms with Crippen LogP contribution in [-0.4, -0.2) is 76.0 Å². The van der Waals surface area contributed by atoms with Crippen molar-refractivity contribution in [2.45, 2.75) is 77.4 Å². The summed E-state index contributed by atoms with van der Waals surface area (Å²) < 4.78 is 20.0. The van der Waals surface area contributed by atoms with Gasteiger partial charge in [-0.2, -0.15) is 0 Å². The second-order valence-electron chi connectivity index (χ2n) is 11.4. The molecular formula is C28H35FN4O6S. The molecule has 0 bridgehead atoms. The van der Waals surface area contributed by atoms with Gasteiger partial charge in [-0.25, -0.2) is 9.37 Å². The lowest BCUT2D eigenvalue weighted by molar-refractivity contribution is -0.145. The van der Waals surface area contributed by atoms with Crippen LogP contribution >= 0.6 is 11.3 Å². The van der Waals surface area contributed by atoms with Gasteiger partial charge in [-0.3, -0.25) is 19.2 Å². The fourth-order valence-electron chi connectivity index (χ4n) is 4.70. The minimum absolute atomic E-state index is 0.0214. The molecule has 2 heterocycles. The van der Waals surface area contributed by atoms with Crippen molar-refractivity contribution in [3.8, 4) is 16.2 Å². The van der Waals surface area contributed by atoms with E-state index in [1.54, 1.807) is 38.4 Å². The van der Waals surface area contributed by atoms with E-state index in [0.717, 1.165) is 16.1 Å². The standard InChI is InChI=1S/C28H35FN4O6S/c1-16-22(40-15-31-16)17-5-6-18(21(11-17)39-10-9-34)13-30-24(36)20-12-19(35)14-33(20)25(37)23(27(2,3)4)32-26(38)28(29)7-8-28/h5-6,9,11,15,19-20,23,35H,7-8,10,12-14H2,1-4H3,(H,30,36)(H,32,38)/t19?,20?,23-/m1/s1. The highest BCUT2D eigenvalue weighted by Gasteiger charge is 2.53. The number of aromatic nitrogens is 1. The summed E-state index contributed by atoms with van der Waals surface area (Å²) >= 11 is 1.48. The van der Waals surface area contributed by atoms with Crippen molar-refractivity contribution >= 4 is 35.3 Å². The Morgan fingerprint density at radius 1 is 1.32 bits per heavy atom. The van der Waals surface area contributed by atoms with Crippen LogP contribution in [0.4, 0.5) is 4.39 Å². The summed E-state index contributed by atoms with van der Waals surface area (Å²) in [5, 5.41) is 15.7. The lowest BCUT2D eigenvalue weighted by atomic mass is 9.85. The van der Waals surface area contributed by atoms with Gasteiger partial charge < -0.3 is 25.4 Å². The monoisotopic (exact) mass is 574 g/mol. The Bertz CT molecular complexity index is 1290. The Morgan fingerprint density at radius 3 is 2.65 bits per heavy atom. The van der Waals surface area contributed by atoms with Crippen molar-refractivity contribution in [3.63, 3.8) is 0 Å². The molecule has 216 valence electrons. The van der Waals surface area contributed by atoms with E-state index in [1.807, 2.05) is 13.0 Å². The number of nitrogens with zero attached hydrogens (tertiary/aromatic N) is 2. The van der Waals surface area contributed by atoms with Gasteiger partial charge in [-0.1, -0.05) is 32.9 Å². The first kappa shape index (κ1) is 29.6. The van der Waals surface area contributed by atoms with Gasteiger partial charge in [0.15, 0.2) is 12.0 Å². The first-order valence-electron chi connectivity index (χ1n) is 13.2. The molecule has 1 saturated carbocycles. The first-order valence-corrected chi connectivity index (χ1v) is 14.1. The van der Waals surface area contributed by atoms with Crippen LogP contribution in [-0.2, 0) is 25.7 Å². The zero-order valence-corrected chi connectivity index (χ0v) is 23.8. The Balaban J connectivity index is 1.49. The minimum atomic E-state index is -1.96. The van der Waals surface area contributed by atoms with Crippen LogP contribution in [0, 0.1) is 12.3 Å². The average Bonchev–Trinajstić information content (AvgIpc) is 3.31. The number of nitrogens with one attached hydrogen (secondary N) is 2. The van der Waals surface area contributed by atoms with Crippen molar-refractivity contribution in [3.05, 3.63) is 35.0 Å². The molecule has 3 amide bonds. The van der Waals surface area contributed by atoms with E-state index >= 15 is 0 Å². The van der Waals surface area contributed by atoms with Gasteiger partial charge in [0, 0.05) is 25.1 Å². The fourth-order valence-corrected chi connectivity index (χ4v) is 5.50. The minimum Gasteiger partial charge on any atom is -0.486 e. The Hall–Kier alpha value is -3.38. The summed E-state index contributed by atoms with van der Waals surface area (Å²) in [6.45, 7) is 6.92. The molecule has 3 atom stereocenters. The van der Waals surface area contributed by atoms with Crippen molar-refractivity contribution < 1.29 is 33.4 Å². The van der Waals surface area contributed by atoms with Crippen LogP contribution in [0.1, 0.15) is 51.3 Å². The first-order chi connectivity index (χ1) is 18.8. The SMILES string of the molecule is Cc1ncsc1-c1ccc(CNC(=O)C2CC(O)CN2C(=O)[C@@H](NC(=O)C2(F)CC2)C(C)(C)C)c(OCC=O)c1. The number of ether oxygens (including phenoxy) is 1. The number of aliphatic hydroxyl groups excluding tert-OH is 1. The van der Waals surface area contributed by atoms with Gasteiger partial charge in [0.05, 0.1) is 22.2 Å². The Kier molecular flexibility index (Phi) is 8.60. The number of hydrogen-bond donors (Lipinski definition) is 3. The Morgan fingerprint density at radius 2 is 2.05 bits per heavy atom. The number of benzene rings is 1. The summed E-state index contributed by atoms with van der Waals surface area (Å²) in [4.78, 5) is 56.8. The number of rotatable bonds is 10. The third kappa shape index (κ3) is 6.49. The van der Waals surface area contributed by atoms with Crippen LogP contribution in [0.5, 0.6) is 5.75 Å². The van der Waals surface area contributed by atoms with Crippen LogP contribution in [0.15, 0.2) is 23.7 Å². The molecule has 2 unspecified atom stereocenters. The van der Waals surface area contributed by atoms with Crippen LogP contribution < -0.4 is 15.4 Å². The van der Waals surface area contributed by atoms with Gasteiger partial charge in [0.2, 0.25) is 11.8 Å². The lowest BCUT2D eigenvalue weighted by Crippen LogP contribution is -2.59. The van der Waals surface area contributed by atoms with Crippen LogP contribution in [0.2, 0.25) is 0 Å². The lowest BCUT2D eigenvalue weighted by Gasteiger charge is -2.35. The average molecular weight is 575 g/mol. The second kappa shape index (κ2) is 11.6. The van der Waals surface area contributed by atoms with Crippen molar-refractivity contribution in [1.82, 2.24) is 20.5 Å². The molecule has 3 N–H and O–H groups in total. The van der Waals surface area contributed by atoms with E-state index in [-0.39, 0.29) is 39.0 Å². The highest BCUT2D eigenvalue weighted by atomic mass is 32.1. The van der Waals surface area contributed by atoms with E-state index in [4.69, 9.17) is 4.74 Å². The quantitative estimate of drug-likeness (QED) is 0.370. The zero-order chi connectivity index (χ0) is 29.2. The molecule has 10 nitrogen and oxygen atoms in total. The number of amides is 3. The zero-order valence-electron chi connectivity index (χ0n) is 23.0. The number of thiazole rings is 1. The number of aliphatic hydroxyl groups is 1. The molecule has 0 spiro atoms. The number of aldehydes is 1. The molecule has 1 aliphatic heterocycles. The predicted molar refractivity (Wildman–Crippen MR) is 146 cm³/mol. The summed E-state index contributed by atoms with van der Waals surface area (Å²) in [7, 11) is 0. The molecule has 1 aromatic heterocycles. The summed E-state index contributed by atoms with van der Waals surface area (Å²) in [5.74, 6) is -1.45. The maximum Gasteiger partial charge on any atom is 0.258 e. The van der Waals surface area contributed by atoms with Gasteiger partial charge in [0.1, 0.15) is 24.4 Å². The number of carbonyl (C=O) groups is 4. The predicted octanol–water partition coefficient (Wildman–Crippen LogP) is 2.31. The molecule has 1 aliphatic carbocycles. The van der Waals surface area contributed by atoms with Gasteiger partial charge in [0.25, 0.3) is 5.91 Å². The topological polar surface area (TPSA) is 138 Å². The van der Waals surface area contributed by atoms with Gasteiger partial charge >= 0.3 is 0 Å². The highest BCUT2D eigenvalue weighted by Crippen LogP contribution is 2.40. The van der Waals surface area contributed by atoms with Gasteiger partial charge in [-0.15, -0.1) is 11.3 Å². The normalized spacial score (nSPS) is 20.5. The number of hydrogen-bond acceptors (Lipinski definition) is 8. The van der Waals surface area contributed by atoms with Crippen LogP contribution in [0.25, 0.3) is 10.4 Å². The molecule has 1 aromatic carbocycles. The molecule has 4 rings (SSSR count). The molecule has 2 fully saturated rings. The number of aryl methyl sites for hydroxylation is 1. The third-order valence-corrected chi connectivity index (χ3v) is 8.16. The number of likely N-dealkylation sites (tertiary alicyclic amines) is 1. The Labute approximate surface area is 236 Å². The smallest absolute Gasteiger partial charge is 0.258 e. The maximum atomic E-state index is 14.4. The number of carbonyl (C=O) groups excluding carboxylic acids is 4. The molecule has 0 radical (unpaired) electrons. The van der Waals surface area contributed by atoms with E-state index < -0.39 is 47.0 Å². The van der Waals surface area contributed by atoms with E-state index in [0.29, 0.717) is 17.6 Å². The number of β-amino-alcohol motifs (C(OH)–C–C–N with tert-alkyl or cyclic N) is 1. The molecule has 40 heavy (non-hydrogen) atoms. The third-order valence-electron chi connectivity index (χ3n) is 7.18. The van der Waals surface area contributed by atoms with Crippen molar-refractivity contribution in [1.29, 1.82) is 0 Å². The molecule has 2 aromatic rings. The maximum absolute atomic E-state index is 14.4. The molecular weight excluding hydrogens is 539 g/mol. The summed E-state index contributed by atoms with van der Waals surface area (Å²) in [6.07, 6.45) is -0.0515. The summed E-state index contributed by atoms with van der Waals surface area (Å²) in [6, 6.07) is 3.38. The van der Waals surface area contributed by atoms with Crippen LogP contribution in [0.3, 0.4) is 0 Å². The second-order valence-corrected chi connectivity index (χ2v) is 12.3. The molecule has 2 aliphatic rings. The largest absolute Gasteiger partial charge is 0.486 e. The van der Waals surface area contributed by atoms with E-state index in [9.17, 15) is 28.7 Å². The number of halogens is 1. The molecule has 1 saturated heterocycles. The van der Waals surface area contributed by atoms with E-state index in [1.165, 1.54) is 16.2 Å². The van der Waals surface area contributed by atoms with Crippen molar-refractivity contribution in [2.75, 3.05) is 13.2 Å². The van der Waals surface area contributed by atoms with Gasteiger partial charge in [-0.05, 0) is 36.8 Å². The molecule has 12 heteroatoms.